The van der Waals surface area contributed by atoms with Crippen molar-refractivity contribution in [2.24, 2.45) is 11.8 Å². The average Bonchev–Trinajstić information content (AvgIpc) is 2.99. The molecule has 3 rings (SSSR count). The van der Waals surface area contributed by atoms with Gasteiger partial charge in [-0.3, -0.25) is 0 Å². The van der Waals surface area contributed by atoms with Crippen LogP contribution in [-0.4, -0.2) is 42.6 Å². The fourth-order valence-corrected chi connectivity index (χ4v) is 15.0. The summed E-state index contributed by atoms with van der Waals surface area (Å²) in [5, 5.41) is 0. The summed E-state index contributed by atoms with van der Waals surface area (Å²) < 4.78 is 17.7. The zero-order valence-electron chi connectivity index (χ0n) is 14.9. The van der Waals surface area contributed by atoms with Crippen molar-refractivity contribution in [3.8, 4) is 0 Å². The van der Waals surface area contributed by atoms with E-state index in [0.29, 0.717) is 6.10 Å². The maximum absolute atomic E-state index is 6.90. The molecule has 0 N–H and O–H groups in total. The van der Waals surface area contributed by atoms with Crippen molar-refractivity contribution in [2.45, 2.75) is 76.0 Å². The summed E-state index contributed by atoms with van der Waals surface area (Å²) >= 11 is 0. The molecule has 5 heteroatoms. The summed E-state index contributed by atoms with van der Waals surface area (Å²) in [7, 11) is -3.08. The van der Waals surface area contributed by atoms with Gasteiger partial charge in [-0.25, -0.2) is 0 Å². The molecule has 0 aromatic carbocycles. The molecule has 0 amide bonds. The van der Waals surface area contributed by atoms with Crippen LogP contribution in [0.15, 0.2) is 0 Å². The molecule has 3 fully saturated rings. The van der Waals surface area contributed by atoms with Crippen molar-refractivity contribution in [1.82, 2.24) is 0 Å². The van der Waals surface area contributed by atoms with Crippen molar-refractivity contribution in [3.05, 3.63) is 0 Å². The summed E-state index contributed by atoms with van der Waals surface area (Å²) in [5.41, 5.74) is 0.932. The molecule has 3 aliphatic rings. The Kier molecular flexibility index (Phi) is 5.20. The molecule has 0 aromatic heterocycles. The van der Waals surface area contributed by atoms with Crippen LogP contribution >= 0.6 is 0 Å². The van der Waals surface area contributed by atoms with Gasteiger partial charge in [-0.05, 0) is 68.9 Å². The summed E-state index contributed by atoms with van der Waals surface area (Å²) in [5.74, 6) is 2.03. The smallest absolute Gasteiger partial charge is 0.176 e. The van der Waals surface area contributed by atoms with E-state index < -0.39 is 16.6 Å². The van der Waals surface area contributed by atoms with Crippen LogP contribution in [0.3, 0.4) is 0 Å². The van der Waals surface area contributed by atoms with E-state index in [9.17, 15) is 0 Å². The van der Waals surface area contributed by atoms with Crippen LogP contribution in [0, 0.1) is 11.8 Å². The Morgan fingerprint density at radius 2 is 1.86 bits per heavy atom. The monoisotopic (exact) mass is 342 g/mol. The highest BCUT2D eigenvalue weighted by molar-refractivity contribution is 6.85. The molecule has 0 radical (unpaired) electrons. The van der Waals surface area contributed by atoms with Gasteiger partial charge in [0.25, 0.3) is 0 Å². The van der Waals surface area contributed by atoms with Gasteiger partial charge in [0.15, 0.2) is 16.6 Å². The molecule has 2 bridgehead atoms. The predicted molar refractivity (Wildman–Crippen MR) is 95.2 cm³/mol. The van der Waals surface area contributed by atoms with Crippen LogP contribution in [0.4, 0.5) is 0 Å². The van der Waals surface area contributed by atoms with E-state index in [0.717, 1.165) is 43.6 Å². The summed E-state index contributed by atoms with van der Waals surface area (Å²) in [4.78, 5) is 0. The number of epoxide rings is 1. The van der Waals surface area contributed by atoms with Gasteiger partial charge in [-0.15, -0.1) is 0 Å². The third-order valence-corrected chi connectivity index (χ3v) is 14.3. The van der Waals surface area contributed by atoms with E-state index in [-0.39, 0.29) is 0 Å². The Morgan fingerprint density at radius 1 is 1.09 bits per heavy atom. The van der Waals surface area contributed by atoms with E-state index in [1.165, 1.54) is 31.7 Å². The first-order valence-electron chi connectivity index (χ1n) is 9.25. The van der Waals surface area contributed by atoms with Crippen LogP contribution in [0.2, 0.25) is 37.8 Å². The van der Waals surface area contributed by atoms with Crippen molar-refractivity contribution in [1.29, 1.82) is 0 Å². The van der Waals surface area contributed by atoms with E-state index in [1.807, 2.05) is 0 Å². The first-order chi connectivity index (χ1) is 10.4. The molecule has 0 spiro atoms. The predicted octanol–water partition coefficient (Wildman–Crippen LogP) is 4.41. The Hall–Kier alpha value is 0.314. The lowest BCUT2D eigenvalue weighted by Crippen LogP contribution is -2.48. The molecule has 2 saturated carbocycles. The van der Waals surface area contributed by atoms with Crippen molar-refractivity contribution < 1.29 is 13.6 Å². The Bertz CT molecular complexity index is 382. The quantitative estimate of drug-likeness (QED) is 0.353. The highest BCUT2D eigenvalue weighted by Gasteiger charge is 2.49. The summed E-state index contributed by atoms with van der Waals surface area (Å²) in [6.07, 6.45) is 7.49. The molecule has 1 heterocycles. The fourth-order valence-electron chi connectivity index (χ4n) is 4.91. The third kappa shape index (κ3) is 4.44. The zero-order valence-corrected chi connectivity index (χ0v) is 16.9. The minimum atomic E-state index is -1.54. The lowest BCUT2D eigenvalue weighted by atomic mass is 10.0. The Balaban J connectivity index is 1.40. The van der Waals surface area contributed by atoms with Crippen LogP contribution in [0.5, 0.6) is 0 Å². The van der Waals surface area contributed by atoms with Gasteiger partial charge in [-0.2, -0.15) is 0 Å². The fraction of sp³-hybridized carbons (Fsp3) is 1.00. The average molecular weight is 343 g/mol. The van der Waals surface area contributed by atoms with Crippen LogP contribution in [-0.2, 0) is 13.6 Å². The van der Waals surface area contributed by atoms with Crippen LogP contribution in [0.25, 0.3) is 0 Å². The first kappa shape index (κ1) is 17.1. The van der Waals surface area contributed by atoms with Gasteiger partial charge in [0.2, 0.25) is 0 Å². The number of hydrogen-bond donors (Lipinski definition) is 0. The molecule has 3 nitrogen and oxygen atoms in total. The number of hydrogen-bond acceptors (Lipinski definition) is 3. The third-order valence-electron chi connectivity index (χ3n) is 5.94. The number of rotatable bonds is 9. The number of ether oxygens (including phenoxy) is 2. The summed E-state index contributed by atoms with van der Waals surface area (Å²) in [6, 6.07) is 1.23. The topological polar surface area (TPSA) is 31.0 Å². The zero-order chi connectivity index (χ0) is 15.8. The van der Waals surface area contributed by atoms with Gasteiger partial charge in [0, 0.05) is 6.61 Å². The normalized spacial score (nSPS) is 34.4. The van der Waals surface area contributed by atoms with E-state index in [1.54, 1.807) is 0 Å². The molecule has 4 atom stereocenters. The van der Waals surface area contributed by atoms with E-state index >= 15 is 0 Å². The van der Waals surface area contributed by atoms with Gasteiger partial charge < -0.3 is 13.6 Å². The minimum Gasteiger partial charge on any atom is -0.455 e. The van der Waals surface area contributed by atoms with Gasteiger partial charge in [0.05, 0.1) is 13.2 Å². The van der Waals surface area contributed by atoms with Crippen molar-refractivity contribution in [3.63, 3.8) is 0 Å². The van der Waals surface area contributed by atoms with E-state index in [4.69, 9.17) is 13.6 Å². The van der Waals surface area contributed by atoms with Crippen LogP contribution in [0.1, 0.15) is 32.1 Å². The van der Waals surface area contributed by atoms with Crippen LogP contribution < -0.4 is 0 Å². The summed E-state index contributed by atoms with van der Waals surface area (Å²) in [6.45, 7) is 12.4. The highest BCUT2D eigenvalue weighted by Crippen LogP contribution is 2.55. The van der Waals surface area contributed by atoms with E-state index in [2.05, 4.69) is 26.2 Å². The maximum Gasteiger partial charge on any atom is 0.176 e. The van der Waals surface area contributed by atoms with Gasteiger partial charge in [-0.1, -0.05) is 12.8 Å². The molecule has 1 saturated heterocycles. The molecular formula is C17H34O3Si2. The van der Waals surface area contributed by atoms with Gasteiger partial charge >= 0.3 is 0 Å². The molecule has 22 heavy (non-hydrogen) atoms. The molecule has 128 valence electrons. The lowest BCUT2D eigenvalue weighted by Gasteiger charge is -2.41. The lowest BCUT2D eigenvalue weighted by molar-refractivity contribution is 0.116. The second-order valence-electron chi connectivity index (χ2n) is 8.88. The molecule has 2 aliphatic carbocycles. The largest absolute Gasteiger partial charge is 0.455 e. The second-order valence-corrected chi connectivity index (χ2v) is 17.7. The SMILES string of the molecule is C[Si](C)(CCCOCC1CO1)O[Si](C)(C)C1CC2CCC1C2. The van der Waals surface area contributed by atoms with Crippen molar-refractivity contribution in [2.75, 3.05) is 19.8 Å². The Morgan fingerprint density at radius 3 is 2.45 bits per heavy atom. The minimum absolute atomic E-state index is 0.394. The molecule has 0 aromatic rings. The number of fused-ring (bicyclic) bond motifs is 2. The second kappa shape index (κ2) is 6.67. The van der Waals surface area contributed by atoms with Gasteiger partial charge in [0.1, 0.15) is 6.10 Å². The van der Waals surface area contributed by atoms with Crippen molar-refractivity contribution >= 4 is 16.6 Å². The first-order valence-corrected chi connectivity index (χ1v) is 15.4. The standard InChI is InChI=1S/C17H34O3Si2/c1-21(2,9-5-8-18-12-16-13-19-16)20-22(3,4)17-11-14-6-7-15(17)10-14/h14-17H,5-13H2,1-4H3. The molecule has 1 aliphatic heterocycles. The molecular weight excluding hydrogens is 308 g/mol. The maximum atomic E-state index is 6.90. The molecule has 4 unspecified atom stereocenters. The highest BCUT2D eigenvalue weighted by atomic mass is 28.4. The Labute approximate surface area is 138 Å².